The van der Waals surface area contributed by atoms with E-state index in [4.69, 9.17) is 26.5 Å². The van der Waals surface area contributed by atoms with Gasteiger partial charge in [0.25, 0.3) is 0 Å². The summed E-state index contributed by atoms with van der Waals surface area (Å²) in [6.07, 6.45) is 22.9. The zero-order chi connectivity index (χ0) is 84.5. The van der Waals surface area contributed by atoms with Gasteiger partial charge in [-0.25, -0.2) is 9.48 Å². The van der Waals surface area contributed by atoms with Crippen LogP contribution < -0.4 is 26.9 Å². The number of Topliss-reactive ketones (excluding diaryl/α,β-unsaturated/α-hetero) is 2. The van der Waals surface area contributed by atoms with E-state index >= 15 is 0 Å². The summed E-state index contributed by atoms with van der Waals surface area (Å²) in [5, 5.41) is 43.0. The number of aromatic carboxylic acids is 1. The molecule has 118 heavy (non-hydrogen) atoms. The third-order valence-electron chi connectivity index (χ3n) is 19.2. The van der Waals surface area contributed by atoms with Crippen molar-refractivity contribution in [2.45, 2.75) is 196 Å². The number of carboxylic acids is 1. The molecule has 628 valence electrons. The van der Waals surface area contributed by atoms with Crippen LogP contribution in [0.3, 0.4) is 0 Å². The van der Waals surface area contributed by atoms with E-state index in [-0.39, 0.29) is 90.2 Å². The smallest absolute Gasteiger partial charge is 1.00 e. The summed E-state index contributed by atoms with van der Waals surface area (Å²) in [5.41, 5.74) is 13.8. The topological polar surface area (TPSA) is 252 Å². The minimum atomic E-state index is -3.29. The Bertz CT molecular complexity index is 4500. The molecule has 5 fully saturated rings. The number of aldehydes is 1. The number of rotatable bonds is 29. The van der Waals surface area contributed by atoms with Crippen LogP contribution in [-0.4, -0.2) is 114 Å². The number of nitriles is 1. The Hall–Kier alpha value is -8.30. The van der Waals surface area contributed by atoms with Gasteiger partial charge >= 0.3 is 36.6 Å². The molecule has 0 spiro atoms. The van der Waals surface area contributed by atoms with Crippen LogP contribution in [-0.2, 0) is 24.0 Å². The Morgan fingerprint density at radius 1 is 0.669 bits per heavy atom. The van der Waals surface area contributed by atoms with E-state index in [1.165, 1.54) is 74.2 Å². The molecule has 5 saturated carbocycles. The number of aromatic nitrogens is 2. The van der Waals surface area contributed by atoms with Gasteiger partial charge in [-0.2, -0.15) is 40.7 Å². The van der Waals surface area contributed by atoms with E-state index in [2.05, 4.69) is 72.9 Å². The molecule has 1 heterocycles. The summed E-state index contributed by atoms with van der Waals surface area (Å²) in [7, 11) is -5.87. The Labute approximate surface area is 734 Å². The fourth-order valence-electron chi connectivity index (χ4n) is 12.7. The minimum absolute atomic E-state index is 0. The fraction of sp³-hybridized carbons (Fsp3) is 0.392. The van der Waals surface area contributed by atoms with Crippen LogP contribution in [0.1, 0.15) is 215 Å². The predicted molar refractivity (Wildman–Crippen MR) is 485 cm³/mol. The summed E-state index contributed by atoms with van der Waals surface area (Å²) < 4.78 is 32.5. The molecular weight excluding hydrogens is 1600 g/mol. The molecule has 0 amide bonds. The third kappa shape index (κ3) is 39.3. The van der Waals surface area contributed by atoms with Crippen molar-refractivity contribution in [3.05, 3.63) is 299 Å². The minimum Gasteiger partial charge on any atom is -1.00 e. The van der Waals surface area contributed by atoms with Gasteiger partial charge in [0.1, 0.15) is 34.5 Å². The Morgan fingerprint density at radius 2 is 1.15 bits per heavy atom. The molecule has 21 heteroatoms. The number of ketones is 3. The Kier molecular flexibility index (Phi) is 46.8. The van der Waals surface area contributed by atoms with Crippen molar-refractivity contribution >= 4 is 88.1 Å². The molecular formula is C97H127BrMgN5O11PSi2. The molecule has 0 bridgehead atoms. The van der Waals surface area contributed by atoms with Crippen LogP contribution in [0.4, 0.5) is 11.4 Å². The second-order valence-corrected chi connectivity index (χ2v) is 43.4. The van der Waals surface area contributed by atoms with E-state index in [0.717, 1.165) is 96.8 Å². The van der Waals surface area contributed by atoms with Crippen LogP contribution >= 0.6 is 7.60 Å². The largest absolute Gasteiger partial charge is 2.00 e. The van der Waals surface area contributed by atoms with Crippen molar-refractivity contribution < 1.29 is 71.3 Å². The molecule has 9 aromatic rings. The standard InChI is InChI=1S/C18H21NO.C12H9N3O2.C12H22NSi2.C12H17O4P.C12H16O.C12H14O.C12H12O.C4H6O.C2H6.CH4.BrH.Mg/c19-17-8-4-7-16(13-17)18(20,12-11-14-9-10-14)15-5-2-1-3-6-15;1-8-5-11(12(16)17)15(14-8)10-4-2-3-9(6-10)7-13;1-14(2,3)13(15(4,5)6)12-10-8-7-9-11-12;1-3-15-17(14,16-4-2)10-12(13)11-8-6-5-7-9-11;3*13-12(9-8-10-6-7-10)11-4-2-1-3-5-11;5-3-4-1-2-4;1-2;;;/h1-8,13-14,20H,9-12,19H2;2-6H,1H3,(H,16,17);7-8,10-11H,1-6H3;5-9H,3-4,10H2,1-2H3;1-5,10,12-13H,6-9H2;1-5,10H,6-9H2;1-5,8-10H,6-7H2;3-4H,1-2H2;1-2H3;1H4;1H;/q;;-1;;;;;;;;;+2/p-1/b;;;;;;9-8+;;;;;/i;;;;;;;;1D;;;. The number of allylic oxidation sites excluding steroid dienone is 2. The molecule has 0 aliphatic heterocycles. The van der Waals surface area contributed by atoms with Crippen molar-refractivity contribution in [1.82, 2.24) is 9.78 Å². The van der Waals surface area contributed by atoms with E-state index in [0.29, 0.717) is 52.7 Å². The van der Waals surface area contributed by atoms with Crippen LogP contribution in [0.15, 0.2) is 243 Å². The number of aliphatic hydroxyl groups is 2. The van der Waals surface area contributed by atoms with Gasteiger partial charge in [-0.1, -0.05) is 281 Å². The van der Waals surface area contributed by atoms with Crippen molar-refractivity contribution in [1.29, 1.82) is 5.26 Å². The maximum Gasteiger partial charge on any atom is 2.00 e. The number of carboxylic acid groups (broad SMARTS) is 1. The predicted octanol–water partition coefficient (Wildman–Crippen LogP) is 20.2. The number of benzene rings is 8. The maximum absolute atomic E-state index is 12.1. The quantitative estimate of drug-likeness (QED) is 0.00647. The second kappa shape index (κ2) is 54.1. The van der Waals surface area contributed by atoms with Crippen molar-refractivity contribution in [3.8, 4) is 11.8 Å². The fourth-order valence-corrected chi connectivity index (χ4v) is 24.1. The van der Waals surface area contributed by atoms with Gasteiger partial charge in [0.15, 0.2) is 23.0 Å². The first-order valence-electron chi connectivity index (χ1n) is 41.3. The molecule has 5 aliphatic carbocycles. The van der Waals surface area contributed by atoms with Gasteiger partial charge in [0, 0.05) is 36.1 Å². The summed E-state index contributed by atoms with van der Waals surface area (Å²) in [6.45, 7) is 22.5. The first kappa shape index (κ1) is 102. The number of carbonyl (C=O) groups is 5. The van der Waals surface area contributed by atoms with E-state index in [1.54, 1.807) is 82.3 Å². The summed E-state index contributed by atoms with van der Waals surface area (Å²) >= 11 is 0. The monoisotopic (exact) mass is 1730 g/mol. The molecule has 8 aromatic carbocycles. The van der Waals surface area contributed by atoms with E-state index in [9.17, 15) is 38.8 Å². The summed E-state index contributed by atoms with van der Waals surface area (Å²) in [6, 6.07) is 76.9. The average Bonchev–Trinajstić information content (AvgIpc) is 1.53. The Morgan fingerprint density at radius 3 is 1.61 bits per heavy atom. The number of aryl methyl sites for hydroxylation is 1. The van der Waals surface area contributed by atoms with Crippen LogP contribution in [0.5, 0.6) is 0 Å². The SMILES string of the molecule is C.CCOP(=O)(CC(=O)c1ccccc1)OCC.C[Si](C)(C)N(c1c[c-]ccc1)[Si](C)(C)C.Cc1cc(C(=O)O)n(-c2cccc(C#N)c2)n1.Nc1cccc(C(O)(CCC2CC2)c2ccccc2)c1.O=C(/C=C/C1CC1)c1ccccc1.O=C(CCC1CC1)c1ccccc1.O=CC1CC1.OC(CCC1CC1)c1ccccc1.[2H]CC.[Br-].[Mg+2]. The average molecular weight is 1730 g/mol. The number of carbonyl (C=O) groups excluding carboxylic acids is 4. The molecule has 0 radical (unpaired) electrons. The van der Waals surface area contributed by atoms with Crippen LogP contribution in [0.2, 0.25) is 39.3 Å². The Balaban J connectivity index is 0.000000353. The van der Waals surface area contributed by atoms with Gasteiger partial charge in [-0.15, -0.1) is 0 Å². The van der Waals surface area contributed by atoms with E-state index in [1.807, 2.05) is 170 Å². The first-order chi connectivity index (χ1) is 55.6. The van der Waals surface area contributed by atoms with Crippen molar-refractivity contribution in [3.63, 3.8) is 0 Å². The van der Waals surface area contributed by atoms with Gasteiger partial charge < -0.3 is 56.1 Å². The molecule has 16 nitrogen and oxygen atoms in total. The zero-order valence-electron chi connectivity index (χ0n) is 71.3. The maximum atomic E-state index is 12.1. The van der Waals surface area contributed by atoms with Crippen molar-refractivity contribution in [2.75, 3.05) is 29.3 Å². The third-order valence-corrected chi connectivity index (χ3v) is 28.4. The summed E-state index contributed by atoms with van der Waals surface area (Å²) in [5.74, 6) is 2.84. The molecule has 2 unspecified atom stereocenters. The number of hydrogen-bond acceptors (Lipinski definition) is 14. The number of nitrogens with two attached hydrogens (primary N) is 1. The van der Waals surface area contributed by atoms with Gasteiger partial charge in [0.05, 0.1) is 42.3 Å². The second-order valence-electron chi connectivity index (χ2n) is 31.3. The van der Waals surface area contributed by atoms with Gasteiger partial charge in [-0.05, 0) is 161 Å². The molecule has 1 aromatic heterocycles. The van der Waals surface area contributed by atoms with Crippen LogP contribution in [0, 0.1) is 53.9 Å². The van der Waals surface area contributed by atoms with Crippen molar-refractivity contribution in [2.24, 2.45) is 29.6 Å². The normalized spacial score (nSPS) is 14.3. The molecule has 5 aliphatic rings. The number of aliphatic hydroxyl groups excluding tert-OH is 1. The zero-order valence-corrected chi connectivity index (χ0v) is 76.2. The van der Waals surface area contributed by atoms with Gasteiger partial charge in [0.2, 0.25) is 0 Å². The van der Waals surface area contributed by atoms with E-state index < -0.39 is 35.6 Å². The molecule has 5 N–H and O–H groups in total. The summed E-state index contributed by atoms with van der Waals surface area (Å²) in [4.78, 5) is 55.5. The molecule has 14 rings (SSSR count). The number of nitrogen functional groups attached to an aromatic ring is 1. The molecule has 0 saturated heterocycles. The number of nitrogens with zero attached hydrogens (tertiary/aromatic N) is 4. The number of halogens is 1. The number of anilines is 2. The molecule has 2 atom stereocenters. The first-order valence-corrected chi connectivity index (χ1v) is 49.2. The van der Waals surface area contributed by atoms with Crippen LogP contribution in [0.25, 0.3) is 5.69 Å². The van der Waals surface area contributed by atoms with Gasteiger partial charge in [-0.3, -0.25) is 18.9 Å². The number of hydrogen-bond donors (Lipinski definition) is 4.